The summed E-state index contributed by atoms with van der Waals surface area (Å²) < 4.78 is 22.9. The van der Waals surface area contributed by atoms with E-state index in [0.717, 1.165) is 32.5 Å². The third kappa shape index (κ3) is 3.42. The third-order valence-electron chi connectivity index (χ3n) is 4.02. The van der Waals surface area contributed by atoms with Crippen LogP contribution in [0, 0.1) is 5.92 Å². The van der Waals surface area contributed by atoms with Crippen LogP contribution in [0.4, 0.5) is 0 Å². The molecule has 0 radical (unpaired) electrons. The maximum absolute atomic E-state index is 11.5. The highest BCUT2D eigenvalue weighted by atomic mass is 32.2. The second kappa shape index (κ2) is 5.24. The van der Waals surface area contributed by atoms with E-state index in [-0.39, 0.29) is 0 Å². The Bertz CT molecular complexity index is 356. The lowest BCUT2D eigenvalue weighted by molar-refractivity contribution is 0.115. The molecule has 0 aromatic heterocycles. The van der Waals surface area contributed by atoms with Crippen molar-refractivity contribution in [2.45, 2.75) is 38.8 Å². The summed E-state index contributed by atoms with van der Waals surface area (Å²) in [5.74, 6) is 1.16. The van der Waals surface area contributed by atoms with E-state index in [2.05, 4.69) is 24.1 Å². The number of rotatable bonds is 3. The van der Waals surface area contributed by atoms with Crippen molar-refractivity contribution < 1.29 is 8.42 Å². The molecule has 3 unspecified atom stereocenters. The Morgan fingerprint density at radius 2 is 2.18 bits per heavy atom. The molecule has 0 saturated carbocycles. The molecule has 2 aliphatic heterocycles. The molecule has 0 aromatic rings. The number of piperazine rings is 1. The van der Waals surface area contributed by atoms with E-state index in [1.54, 1.807) is 0 Å². The van der Waals surface area contributed by atoms with Crippen molar-refractivity contribution in [1.82, 2.24) is 10.2 Å². The minimum atomic E-state index is -2.73. The normalized spacial score (nSPS) is 38.4. The summed E-state index contributed by atoms with van der Waals surface area (Å²) in [5.41, 5.74) is 0. The van der Waals surface area contributed by atoms with Crippen LogP contribution in [0.25, 0.3) is 0 Å². The molecule has 100 valence electrons. The highest BCUT2D eigenvalue weighted by molar-refractivity contribution is 7.91. The number of hydrogen-bond donors (Lipinski definition) is 1. The Labute approximate surface area is 105 Å². The van der Waals surface area contributed by atoms with Gasteiger partial charge >= 0.3 is 0 Å². The smallest absolute Gasteiger partial charge is 0.150 e. The third-order valence-corrected chi connectivity index (χ3v) is 5.85. The molecule has 2 saturated heterocycles. The summed E-state index contributed by atoms with van der Waals surface area (Å²) in [7, 11) is -2.73. The molecule has 4 nitrogen and oxygen atoms in total. The van der Waals surface area contributed by atoms with E-state index in [1.807, 2.05) is 0 Å². The monoisotopic (exact) mass is 260 g/mol. The molecule has 1 N–H and O–H groups in total. The van der Waals surface area contributed by atoms with Gasteiger partial charge in [0, 0.05) is 31.7 Å². The largest absolute Gasteiger partial charge is 0.311 e. The fourth-order valence-corrected chi connectivity index (χ4v) is 4.85. The highest BCUT2D eigenvalue weighted by Gasteiger charge is 2.32. The van der Waals surface area contributed by atoms with Gasteiger partial charge in [0.1, 0.15) is 0 Å². The second-order valence-corrected chi connectivity index (χ2v) is 7.82. The molecular formula is C12H24N2O2S. The first-order valence-corrected chi connectivity index (χ1v) is 8.50. The summed E-state index contributed by atoms with van der Waals surface area (Å²) in [5, 5.41) is 3.49. The molecule has 3 atom stereocenters. The van der Waals surface area contributed by atoms with Crippen LogP contribution in [-0.4, -0.2) is 56.5 Å². The zero-order chi connectivity index (χ0) is 12.5. The van der Waals surface area contributed by atoms with Crippen molar-refractivity contribution in [1.29, 1.82) is 0 Å². The summed E-state index contributed by atoms with van der Waals surface area (Å²) in [6, 6.07) is 1.10. The zero-order valence-electron chi connectivity index (χ0n) is 10.9. The van der Waals surface area contributed by atoms with Crippen LogP contribution < -0.4 is 5.32 Å². The van der Waals surface area contributed by atoms with Gasteiger partial charge in [-0.2, -0.15) is 0 Å². The van der Waals surface area contributed by atoms with Gasteiger partial charge in [0.15, 0.2) is 9.84 Å². The zero-order valence-corrected chi connectivity index (χ0v) is 11.7. The summed E-state index contributed by atoms with van der Waals surface area (Å²) in [6.07, 6.45) is 2.00. The lowest BCUT2D eigenvalue weighted by Gasteiger charge is -2.40. The van der Waals surface area contributed by atoms with Crippen molar-refractivity contribution in [3.8, 4) is 0 Å². The predicted molar refractivity (Wildman–Crippen MR) is 69.9 cm³/mol. The molecule has 5 heteroatoms. The standard InChI is InChI=1S/C12H24N2O2S/c1-3-12-6-13-10(2)7-14(12)8-11-4-5-17(15,16)9-11/h10-13H,3-9H2,1-2H3. The molecule has 0 aliphatic carbocycles. The maximum atomic E-state index is 11.5. The number of hydrogen-bond acceptors (Lipinski definition) is 4. The molecule has 2 rings (SSSR count). The Kier molecular flexibility index (Phi) is 4.10. The number of nitrogens with one attached hydrogen (secondary N) is 1. The average molecular weight is 260 g/mol. The van der Waals surface area contributed by atoms with Gasteiger partial charge in [-0.15, -0.1) is 0 Å². The SMILES string of the molecule is CCC1CNC(C)CN1CC1CCS(=O)(=O)C1. The minimum Gasteiger partial charge on any atom is -0.311 e. The fraction of sp³-hybridized carbons (Fsp3) is 1.00. The van der Waals surface area contributed by atoms with Crippen molar-refractivity contribution in [2.75, 3.05) is 31.1 Å². The van der Waals surface area contributed by atoms with Crippen molar-refractivity contribution in [2.24, 2.45) is 5.92 Å². The van der Waals surface area contributed by atoms with E-state index in [4.69, 9.17) is 0 Å². The van der Waals surface area contributed by atoms with Gasteiger partial charge in [-0.1, -0.05) is 6.92 Å². The van der Waals surface area contributed by atoms with Crippen LogP contribution in [0.5, 0.6) is 0 Å². The summed E-state index contributed by atoms with van der Waals surface area (Å²) in [4.78, 5) is 2.49. The van der Waals surface area contributed by atoms with Gasteiger partial charge in [-0.25, -0.2) is 8.42 Å². The van der Waals surface area contributed by atoms with Crippen molar-refractivity contribution in [3.05, 3.63) is 0 Å². The van der Waals surface area contributed by atoms with Gasteiger partial charge in [0.2, 0.25) is 0 Å². The van der Waals surface area contributed by atoms with E-state index in [0.29, 0.717) is 29.5 Å². The van der Waals surface area contributed by atoms with Gasteiger partial charge in [0.25, 0.3) is 0 Å². The second-order valence-electron chi connectivity index (χ2n) is 5.59. The summed E-state index contributed by atoms with van der Waals surface area (Å²) in [6.45, 7) is 7.46. The van der Waals surface area contributed by atoms with Crippen molar-refractivity contribution >= 4 is 9.84 Å². The van der Waals surface area contributed by atoms with Crippen LogP contribution in [0.3, 0.4) is 0 Å². The van der Waals surface area contributed by atoms with Crippen LogP contribution in [-0.2, 0) is 9.84 Å². The molecule has 0 amide bonds. The summed E-state index contributed by atoms with van der Waals surface area (Å²) >= 11 is 0. The molecular weight excluding hydrogens is 236 g/mol. The van der Waals surface area contributed by atoms with E-state index in [1.165, 1.54) is 0 Å². The van der Waals surface area contributed by atoms with Crippen LogP contribution >= 0.6 is 0 Å². The van der Waals surface area contributed by atoms with E-state index in [9.17, 15) is 8.42 Å². The molecule has 0 aromatic carbocycles. The molecule has 0 bridgehead atoms. The van der Waals surface area contributed by atoms with E-state index >= 15 is 0 Å². The van der Waals surface area contributed by atoms with Gasteiger partial charge in [-0.05, 0) is 25.7 Å². The first kappa shape index (κ1) is 13.3. The topological polar surface area (TPSA) is 49.4 Å². The van der Waals surface area contributed by atoms with Gasteiger partial charge in [-0.3, -0.25) is 4.90 Å². The van der Waals surface area contributed by atoms with Crippen LogP contribution in [0.1, 0.15) is 26.7 Å². The van der Waals surface area contributed by atoms with Crippen molar-refractivity contribution in [3.63, 3.8) is 0 Å². The van der Waals surface area contributed by atoms with Gasteiger partial charge < -0.3 is 5.32 Å². The molecule has 17 heavy (non-hydrogen) atoms. The first-order valence-electron chi connectivity index (χ1n) is 6.68. The Balaban J connectivity index is 1.92. The van der Waals surface area contributed by atoms with Crippen LogP contribution in [0.2, 0.25) is 0 Å². The predicted octanol–water partition coefficient (Wildman–Crippen LogP) is 0.493. The first-order chi connectivity index (χ1) is 8.00. The lowest BCUT2D eigenvalue weighted by atomic mass is 10.0. The maximum Gasteiger partial charge on any atom is 0.150 e. The molecule has 2 aliphatic rings. The molecule has 2 fully saturated rings. The number of sulfone groups is 1. The lowest BCUT2D eigenvalue weighted by Crippen LogP contribution is -2.56. The Morgan fingerprint density at radius 3 is 2.76 bits per heavy atom. The average Bonchev–Trinajstić information content (AvgIpc) is 2.58. The van der Waals surface area contributed by atoms with Crippen LogP contribution in [0.15, 0.2) is 0 Å². The molecule has 0 spiro atoms. The Morgan fingerprint density at radius 1 is 1.41 bits per heavy atom. The quantitative estimate of drug-likeness (QED) is 0.802. The number of nitrogens with zero attached hydrogens (tertiary/aromatic N) is 1. The van der Waals surface area contributed by atoms with Gasteiger partial charge in [0.05, 0.1) is 11.5 Å². The van der Waals surface area contributed by atoms with E-state index < -0.39 is 9.84 Å². The Hall–Kier alpha value is -0.130. The molecule has 2 heterocycles. The highest BCUT2D eigenvalue weighted by Crippen LogP contribution is 2.22. The minimum absolute atomic E-state index is 0.361. The fourth-order valence-electron chi connectivity index (χ4n) is 3.01.